The molecule has 0 aliphatic carbocycles. The summed E-state index contributed by atoms with van der Waals surface area (Å²) < 4.78 is 4.94. The molecule has 1 aliphatic heterocycles. The summed E-state index contributed by atoms with van der Waals surface area (Å²) in [6.45, 7) is 4.63. The van der Waals surface area contributed by atoms with E-state index in [4.69, 9.17) is 9.84 Å². The maximum Gasteiger partial charge on any atom is 0.323 e. The molecule has 0 aromatic heterocycles. The number of rotatable bonds is 8. The van der Waals surface area contributed by atoms with E-state index in [1.165, 1.54) is 4.90 Å². The zero-order chi connectivity index (χ0) is 16.0. The Morgan fingerprint density at radius 1 is 1.52 bits per heavy atom. The molecule has 7 nitrogen and oxygen atoms in total. The summed E-state index contributed by atoms with van der Waals surface area (Å²) >= 11 is 0. The molecule has 0 aromatic carbocycles. The summed E-state index contributed by atoms with van der Waals surface area (Å²) in [5.41, 5.74) is 0. The highest BCUT2D eigenvalue weighted by atomic mass is 16.5. The van der Waals surface area contributed by atoms with E-state index in [2.05, 4.69) is 0 Å². The van der Waals surface area contributed by atoms with Gasteiger partial charge < -0.3 is 19.6 Å². The second-order valence-electron chi connectivity index (χ2n) is 5.35. The van der Waals surface area contributed by atoms with Gasteiger partial charge in [0.25, 0.3) is 0 Å². The van der Waals surface area contributed by atoms with Crippen molar-refractivity contribution in [2.45, 2.75) is 32.7 Å². The molecule has 0 aromatic rings. The molecule has 120 valence electrons. The first-order chi connectivity index (χ1) is 9.90. The maximum absolute atomic E-state index is 12.5. The largest absolute Gasteiger partial charge is 0.480 e. The number of ether oxygens (including phenoxy) is 1. The van der Waals surface area contributed by atoms with Crippen LogP contribution in [-0.4, -0.2) is 72.1 Å². The van der Waals surface area contributed by atoms with Crippen LogP contribution in [0.25, 0.3) is 0 Å². The van der Waals surface area contributed by atoms with Crippen LogP contribution in [-0.2, 0) is 19.1 Å². The SMILES string of the molecule is CC[C@H](C)N(CC(=O)O)C(=O)[C@@H]1CC(=O)N(CCOC)C1. The Hall–Kier alpha value is -1.63. The van der Waals surface area contributed by atoms with Crippen molar-refractivity contribution in [3.05, 3.63) is 0 Å². The van der Waals surface area contributed by atoms with Gasteiger partial charge in [-0.25, -0.2) is 0 Å². The number of carboxylic acids is 1. The number of aliphatic carboxylic acids is 1. The lowest BCUT2D eigenvalue weighted by Gasteiger charge is -2.29. The van der Waals surface area contributed by atoms with Crippen molar-refractivity contribution < 1.29 is 24.2 Å². The van der Waals surface area contributed by atoms with Gasteiger partial charge in [-0.05, 0) is 13.3 Å². The van der Waals surface area contributed by atoms with Gasteiger partial charge in [-0.1, -0.05) is 6.92 Å². The molecule has 1 saturated heterocycles. The molecular weight excluding hydrogens is 276 g/mol. The molecule has 0 bridgehead atoms. The summed E-state index contributed by atoms with van der Waals surface area (Å²) in [5.74, 6) is -1.82. The number of amides is 2. The normalized spacial score (nSPS) is 19.7. The van der Waals surface area contributed by atoms with Gasteiger partial charge in [0.2, 0.25) is 11.8 Å². The fourth-order valence-electron chi connectivity index (χ4n) is 2.41. The molecule has 2 amide bonds. The molecule has 7 heteroatoms. The van der Waals surface area contributed by atoms with Gasteiger partial charge in [-0.15, -0.1) is 0 Å². The van der Waals surface area contributed by atoms with E-state index in [9.17, 15) is 14.4 Å². The lowest BCUT2D eigenvalue weighted by atomic mass is 10.1. The number of hydrogen-bond acceptors (Lipinski definition) is 4. The van der Waals surface area contributed by atoms with Crippen LogP contribution in [0.5, 0.6) is 0 Å². The van der Waals surface area contributed by atoms with Gasteiger partial charge in [-0.3, -0.25) is 14.4 Å². The first-order valence-corrected chi connectivity index (χ1v) is 7.19. The minimum atomic E-state index is -1.04. The highest BCUT2D eigenvalue weighted by Crippen LogP contribution is 2.21. The Morgan fingerprint density at radius 2 is 2.19 bits per heavy atom. The number of carbonyl (C=O) groups is 3. The van der Waals surface area contributed by atoms with Gasteiger partial charge in [0.15, 0.2) is 0 Å². The fraction of sp³-hybridized carbons (Fsp3) is 0.786. The molecule has 1 fully saturated rings. The van der Waals surface area contributed by atoms with Crippen molar-refractivity contribution in [3.8, 4) is 0 Å². The Bertz CT molecular complexity index is 399. The molecule has 1 heterocycles. The van der Waals surface area contributed by atoms with Crippen LogP contribution in [0.3, 0.4) is 0 Å². The molecule has 1 N–H and O–H groups in total. The first-order valence-electron chi connectivity index (χ1n) is 7.19. The third-order valence-corrected chi connectivity index (χ3v) is 3.84. The fourth-order valence-corrected chi connectivity index (χ4v) is 2.41. The average Bonchev–Trinajstić information content (AvgIpc) is 2.82. The summed E-state index contributed by atoms with van der Waals surface area (Å²) in [7, 11) is 1.56. The number of hydrogen-bond donors (Lipinski definition) is 1. The Morgan fingerprint density at radius 3 is 2.71 bits per heavy atom. The Kier molecular flexibility index (Phi) is 6.61. The number of carbonyl (C=O) groups excluding carboxylic acids is 2. The minimum Gasteiger partial charge on any atom is -0.480 e. The summed E-state index contributed by atoms with van der Waals surface area (Å²) in [6, 6.07) is -0.156. The van der Waals surface area contributed by atoms with Gasteiger partial charge in [0.1, 0.15) is 6.54 Å². The Balaban J connectivity index is 2.71. The van der Waals surface area contributed by atoms with Crippen molar-refractivity contribution >= 4 is 17.8 Å². The first kappa shape index (κ1) is 17.4. The number of nitrogens with zero attached hydrogens (tertiary/aromatic N) is 2. The topological polar surface area (TPSA) is 87.2 Å². The van der Waals surface area contributed by atoms with Crippen LogP contribution < -0.4 is 0 Å². The van der Waals surface area contributed by atoms with E-state index >= 15 is 0 Å². The Labute approximate surface area is 124 Å². The quantitative estimate of drug-likeness (QED) is 0.691. The molecule has 0 spiro atoms. The summed E-state index contributed by atoms with van der Waals surface area (Å²) in [6.07, 6.45) is 0.822. The van der Waals surface area contributed by atoms with Gasteiger partial charge in [0.05, 0.1) is 12.5 Å². The van der Waals surface area contributed by atoms with E-state index in [0.717, 1.165) is 0 Å². The van der Waals surface area contributed by atoms with Crippen molar-refractivity contribution in [1.82, 2.24) is 9.80 Å². The third kappa shape index (κ3) is 4.70. The number of likely N-dealkylation sites (tertiary alicyclic amines) is 1. The smallest absolute Gasteiger partial charge is 0.323 e. The van der Waals surface area contributed by atoms with Crippen LogP contribution >= 0.6 is 0 Å². The van der Waals surface area contributed by atoms with Gasteiger partial charge >= 0.3 is 5.97 Å². The predicted molar refractivity (Wildman–Crippen MR) is 75.7 cm³/mol. The lowest BCUT2D eigenvalue weighted by Crippen LogP contribution is -2.45. The molecule has 0 radical (unpaired) electrons. The molecule has 21 heavy (non-hydrogen) atoms. The highest BCUT2D eigenvalue weighted by Gasteiger charge is 2.37. The van der Waals surface area contributed by atoms with Crippen molar-refractivity contribution in [2.75, 3.05) is 33.4 Å². The zero-order valence-electron chi connectivity index (χ0n) is 12.9. The van der Waals surface area contributed by atoms with Crippen molar-refractivity contribution in [2.24, 2.45) is 5.92 Å². The monoisotopic (exact) mass is 300 g/mol. The molecule has 0 unspecified atom stereocenters. The van der Waals surface area contributed by atoms with Crippen LogP contribution in [0.15, 0.2) is 0 Å². The molecule has 1 aliphatic rings. The van der Waals surface area contributed by atoms with Crippen LogP contribution in [0, 0.1) is 5.92 Å². The number of carboxylic acid groups (broad SMARTS) is 1. The van der Waals surface area contributed by atoms with E-state index < -0.39 is 11.9 Å². The molecule has 1 rings (SSSR count). The van der Waals surface area contributed by atoms with E-state index in [-0.39, 0.29) is 30.8 Å². The van der Waals surface area contributed by atoms with Crippen LogP contribution in [0.1, 0.15) is 26.7 Å². The molecule has 2 atom stereocenters. The maximum atomic E-state index is 12.5. The highest BCUT2D eigenvalue weighted by molar-refractivity contribution is 5.90. The predicted octanol–water partition coefficient (Wildman–Crippen LogP) is 0.193. The van der Waals surface area contributed by atoms with Crippen molar-refractivity contribution in [1.29, 1.82) is 0 Å². The van der Waals surface area contributed by atoms with E-state index in [1.807, 2.05) is 13.8 Å². The van der Waals surface area contributed by atoms with Crippen molar-refractivity contribution in [3.63, 3.8) is 0 Å². The average molecular weight is 300 g/mol. The second kappa shape index (κ2) is 7.97. The number of methoxy groups -OCH3 is 1. The second-order valence-corrected chi connectivity index (χ2v) is 5.35. The zero-order valence-corrected chi connectivity index (χ0v) is 12.9. The lowest BCUT2D eigenvalue weighted by molar-refractivity contribution is -0.148. The minimum absolute atomic E-state index is 0.0789. The molecular formula is C14H24N2O5. The van der Waals surface area contributed by atoms with Gasteiger partial charge in [0, 0.05) is 32.7 Å². The standard InChI is InChI=1S/C14H24N2O5/c1-4-10(2)16(9-13(18)19)14(20)11-7-12(17)15(8-11)5-6-21-3/h10-11H,4-9H2,1-3H3,(H,18,19)/t10-,11+/m0/s1. The summed E-state index contributed by atoms with van der Waals surface area (Å²) in [5, 5.41) is 8.95. The molecule has 0 saturated carbocycles. The van der Waals surface area contributed by atoms with E-state index in [0.29, 0.717) is 26.1 Å². The van der Waals surface area contributed by atoms with Gasteiger partial charge in [-0.2, -0.15) is 0 Å². The third-order valence-electron chi connectivity index (χ3n) is 3.84. The van der Waals surface area contributed by atoms with Crippen LogP contribution in [0.4, 0.5) is 0 Å². The van der Waals surface area contributed by atoms with E-state index in [1.54, 1.807) is 12.0 Å². The van der Waals surface area contributed by atoms with Crippen LogP contribution in [0.2, 0.25) is 0 Å². The summed E-state index contributed by atoms with van der Waals surface area (Å²) in [4.78, 5) is 38.3.